The number of methoxy groups -OCH3 is 1. The number of carbonyl (C=O) groups is 1. The highest BCUT2D eigenvalue weighted by molar-refractivity contribution is 5.90. The number of halogens is 2. The van der Waals surface area contributed by atoms with Gasteiger partial charge in [0, 0.05) is 0 Å². The van der Waals surface area contributed by atoms with Gasteiger partial charge >= 0.3 is 5.97 Å². The highest BCUT2D eigenvalue weighted by Gasteiger charge is 2.18. The Morgan fingerprint density at radius 3 is 2.41 bits per heavy atom. The number of esters is 1. The fraction of sp³-hybridized carbons (Fsp3) is 0.250. The van der Waals surface area contributed by atoms with Crippen molar-refractivity contribution in [1.29, 1.82) is 0 Å². The summed E-state index contributed by atoms with van der Waals surface area (Å²) < 4.78 is 36.1. The zero-order valence-electron chi connectivity index (χ0n) is 9.50. The van der Waals surface area contributed by atoms with Gasteiger partial charge < -0.3 is 9.47 Å². The lowest BCUT2D eigenvalue weighted by Crippen LogP contribution is -2.08. The van der Waals surface area contributed by atoms with Crippen LogP contribution in [0.5, 0.6) is 0 Å². The molecule has 0 saturated heterocycles. The monoisotopic (exact) mass is 242 g/mol. The SMILES string of the molecule is CCO/C=C/c1cc(F)c(C(=O)OC)c(F)c1. The van der Waals surface area contributed by atoms with Gasteiger partial charge in [-0.25, -0.2) is 13.6 Å². The van der Waals surface area contributed by atoms with Gasteiger partial charge in [-0.3, -0.25) is 0 Å². The highest BCUT2D eigenvalue weighted by Crippen LogP contribution is 2.17. The molecule has 0 spiro atoms. The van der Waals surface area contributed by atoms with Crippen molar-refractivity contribution >= 4 is 12.0 Å². The van der Waals surface area contributed by atoms with E-state index in [1.165, 1.54) is 12.3 Å². The average Bonchev–Trinajstić information content (AvgIpc) is 2.28. The second-order valence-corrected chi connectivity index (χ2v) is 3.11. The van der Waals surface area contributed by atoms with E-state index in [0.717, 1.165) is 19.2 Å². The summed E-state index contributed by atoms with van der Waals surface area (Å²) in [6.45, 7) is 2.24. The van der Waals surface area contributed by atoms with E-state index < -0.39 is 23.2 Å². The molecule has 92 valence electrons. The van der Waals surface area contributed by atoms with Crippen molar-refractivity contribution in [2.45, 2.75) is 6.92 Å². The largest absolute Gasteiger partial charge is 0.501 e. The number of rotatable bonds is 4. The van der Waals surface area contributed by atoms with Gasteiger partial charge in [0.05, 0.1) is 20.0 Å². The van der Waals surface area contributed by atoms with Crippen molar-refractivity contribution in [3.8, 4) is 0 Å². The van der Waals surface area contributed by atoms with E-state index in [2.05, 4.69) is 4.74 Å². The summed E-state index contributed by atoms with van der Waals surface area (Å²) in [7, 11) is 1.06. The van der Waals surface area contributed by atoms with Gasteiger partial charge in [-0.2, -0.15) is 0 Å². The zero-order valence-corrected chi connectivity index (χ0v) is 9.50. The molecule has 0 saturated carbocycles. The van der Waals surface area contributed by atoms with Crippen molar-refractivity contribution in [2.75, 3.05) is 13.7 Å². The molecule has 0 aliphatic rings. The Kier molecular flexibility index (Phi) is 4.63. The number of carbonyl (C=O) groups excluding carboxylic acids is 1. The quantitative estimate of drug-likeness (QED) is 0.601. The Morgan fingerprint density at radius 2 is 1.94 bits per heavy atom. The van der Waals surface area contributed by atoms with E-state index in [-0.39, 0.29) is 5.56 Å². The van der Waals surface area contributed by atoms with Crippen LogP contribution in [-0.4, -0.2) is 19.7 Å². The van der Waals surface area contributed by atoms with Crippen LogP contribution in [0, 0.1) is 11.6 Å². The smallest absolute Gasteiger partial charge is 0.343 e. The van der Waals surface area contributed by atoms with Gasteiger partial charge in [-0.05, 0) is 30.7 Å². The Bertz CT molecular complexity index is 418. The molecule has 3 nitrogen and oxygen atoms in total. The molecule has 0 unspecified atom stereocenters. The maximum absolute atomic E-state index is 13.4. The van der Waals surface area contributed by atoms with Crippen LogP contribution in [0.3, 0.4) is 0 Å². The van der Waals surface area contributed by atoms with Crippen LogP contribution in [-0.2, 0) is 9.47 Å². The lowest BCUT2D eigenvalue weighted by atomic mass is 10.1. The van der Waals surface area contributed by atoms with Crippen LogP contribution < -0.4 is 0 Å². The molecule has 1 aromatic carbocycles. The van der Waals surface area contributed by atoms with Gasteiger partial charge in [-0.15, -0.1) is 0 Å². The van der Waals surface area contributed by atoms with Crippen LogP contribution in [0.1, 0.15) is 22.8 Å². The Morgan fingerprint density at radius 1 is 1.35 bits per heavy atom. The van der Waals surface area contributed by atoms with Crippen molar-refractivity contribution < 1.29 is 23.0 Å². The summed E-state index contributed by atoms with van der Waals surface area (Å²) in [5.74, 6) is -2.97. The van der Waals surface area contributed by atoms with Crippen molar-refractivity contribution in [3.63, 3.8) is 0 Å². The van der Waals surface area contributed by atoms with Crippen molar-refractivity contribution in [2.24, 2.45) is 0 Å². The first-order chi connectivity index (χ1) is 8.10. The number of hydrogen-bond donors (Lipinski definition) is 0. The van der Waals surface area contributed by atoms with E-state index in [1.807, 2.05) is 0 Å². The Balaban J connectivity index is 3.05. The van der Waals surface area contributed by atoms with E-state index in [0.29, 0.717) is 6.61 Å². The standard InChI is InChI=1S/C12H12F2O3/c1-3-17-5-4-8-6-9(13)11(10(14)7-8)12(15)16-2/h4-7H,3H2,1-2H3/b5-4+. The topological polar surface area (TPSA) is 35.5 Å². The number of hydrogen-bond acceptors (Lipinski definition) is 3. The Hall–Kier alpha value is -1.91. The second-order valence-electron chi connectivity index (χ2n) is 3.11. The highest BCUT2D eigenvalue weighted by atomic mass is 19.1. The third kappa shape index (κ3) is 3.27. The van der Waals surface area contributed by atoms with Gasteiger partial charge in [-0.1, -0.05) is 0 Å². The number of ether oxygens (including phenoxy) is 2. The maximum atomic E-state index is 13.4. The molecule has 0 bridgehead atoms. The minimum absolute atomic E-state index is 0.265. The summed E-state index contributed by atoms with van der Waals surface area (Å²) in [6, 6.07) is 2.07. The minimum atomic E-state index is -1.04. The molecule has 0 radical (unpaired) electrons. The molecule has 0 aliphatic heterocycles. The Labute approximate surface area is 97.7 Å². The molecule has 1 rings (SSSR count). The fourth-order valence-corrected chi connectivity index (χ4v) is 1.21. The molecule has 0 atom stereocenters. The summed E-state index contributed by atoms with van der Waals surface area (Å²) in [4.78, 5) is 11.1. The summed E-state index contributed by atoms with van der Waals surface area (Å²) in [6.07, 6.45) is 2.72. The lowest BCUT2D eigenvalue weighted by Gasteiger charge is -2.04. The van der Waals surface area contributed by atoms with Crippen molar-refractivity contribution in [3.05, 3.63) is 41.2 Å². The first-order valence-corrected chi connectivity index (χ1v) is 4.95. The van der Waals surface area contributed by atoms with Crippen molar-refractivity contribution in [1.82, 2.24) is 0 Å². The molecule has 0 N–H and O–H groups in total. The zero-order chi connectivity index (χ0) is 12.8. The summed E-state index contributed by atoms with van der Waals surface area (Å²) >= 11 is 0. The molecular formula is C12H12F2O3. The average molecular weight is 242 g/mol. The summed E-state index contributed by atoms with van der Waals surface area (Å²) in [5, 5.41) is 0. The molecule has 1 aromatic rings. The van der Waals surface area contributed by atoms with Crippen LogP contribution in [0.25, 0.3) is 6.08 Å². The van der Waals surface area contributed by atoms with Gasteiger partial charge in [0.15, 0.2) is 0 Å². The predicted molar refractivity (Wildman–Crippen MR) is 58.4 cm³/mol. The molecule has 0 fully saturated rings. The van der Waals surface area contributed by atoms with E-state index in [9.17, 15) is 13.6 Å². The molecule has 0 heterocycles. The van der Waals surface area contributed by atoms with Crippen LogP contribution in [0.2, 0.25) is 0 Å². The van der Waals surface area contributed by atoms with E-state index >= 15 is 0 Å². The number of benzene rings is 1. The van der Waals surface area contributed by atoms with Crippen LogP contribution >= 0.6 is 0 Å². The van der Waals surface area contributed by atoms with Gasteiger partial charge in [0.2, 0.25) is 0 Å². The van der Waals surface area contributed by atoms with E-state index in [1.54, 1.807) is 6.92 Å². The second kappa shape index (κ2) is 5.98. The van der Waals surface area contributed by atoms with Gasteiger partial charge in [0.25, 0.3) is 0 Å². The normalized spacial score (nSPS) is 10.6. The first kappa shape index (κ1) is 13.2. The third-order valence-electron chi connectivity index (χ3n) is 1.98. The summed E-state index contributed by atoms with van der Waals surface area (Å²) in [5.41, 5.74) is -0.429. The van der Waals surface area contributed by atoms with Gasteiger partial charge in [0.1, 0.15) is 17.2 Å². The fourth-order valence-electron chi connectivity index (χ4n) is 1.21. The van der Waals surface area contributed by atoms with E-state index in [4.69, 9.17) is 4.74 Å². The molecule has 5 heteroatoms. The molecular weight excluding hydrogens is 230 g/mol. The maximum Gasteiger partial charge on any atom is 0.343 e. The molecule has 0 aromatic heterocycles. The van der Waals surface area contributed by atoms with Crippen LogP contribution in [0.15, 0.2) is 18.4 Å². The third-order valence-corrected chi connectivity index (χ3v) is 1.98. The minimum Gasteiger partial charge on any atom is -0.501 e. The molecule has 0 aliphatic carbocycles. The predicted octanol–water partition coefficient (Wildman–Crippen LogP) is 2.76. The first-order valence-electron chi connectivity index (χ1n) is 4.95. The molecule has 0 amide bonds. The molecule has 17 heavy (non-hydrogen) atoms. The van der Waals surface area contributed by atoms with Crippen LogP contribution in [0.4, 0.5) is 8.78 Å². The lowest BCUT2D eigenvalue weighted by molar-refractivity contribution is 0.0590.